The van der Waals surface area contributed by atoms with Crippen LogP contribution in [0, 0.1) is 28.6 Å². The smallest absolute Gasteiger partial charge is 0.254 e. The molecule has 0 aromatic heterocycles. The zero-order valence-corrected chi connectivity index (χ0v) is 26.6. The Hall–Kier alpha value is -4.63. The Morgan fingerprint density at radius 3 is 2.34 bits per heavy atom. The SMILES string of the molecule is COc1ccccc1NC(=O)C1=C(C)N=C(SC(Cc2ccc(C#N)cc2)c2ccccc2)C(C#N)C1c1ccccc1Br. The Balaban J connectivity index is 1.58. The van der Waals surface area contributed by atoms with E-state index < -0.39 is 11.8 Å². The molecule has 1 aliphatic heterocycles. The summed E-state index contributed by atoms with van der Waals surface area (Å²) in [5, 5.41) is 23.6. The number of benzene rings is 4. The quantitative estimate of drug-likeness (QED) is 0.204. The van der Waals surface area contributed by atoms with Crippen molar-refractivity contribution in [3.8, 4) is 17.9 Å². The Labute approximate surface area is 270 Å². The van der Waals surface area contributed by atoms with E-state index in [0.717, 1.165) is 21.2 Å². The standard InChI is InChI=1S/C36H29BrN4O2S/c1-23-33(35(42)41-30-14-8-9-15-31(30)43-2)34(27-12-6-7-13-29(27)37)28(22-39)36(40-23)44-32(26-10-4-3-5-11-26)20-24-16-18-25(21-38)19-17-24/h3-19,28,32,34H,20H2,1-2H3,(H,41,42). The van der Waals surface area contributed by atoms with Crippen molar-refractivity contribution in [3.63, 3.8) is 0 Å². The van der Waals surface area contributed by atoms with Crippen LogP contribution in [0.5, 0.6) is 5.75 Å². The molecular weight excluding hydrogens is 632 g/mol. The van der Waals surface area contributed by atoms with E-state index in [0.29, 0.717) is 39.7 Å². The molecule has 3 unspecified atom stereocenters. The van der Waals surface area contributed by atoms with Crippen LogP contribution in [0.1, 0.15) is 40.3 Å². The fourth-order valence-corrected chi connectivity index (χ4v) is 7.25. The van der Waals surface area contributed by atoms with Gasteiger partial charge in [0.05, 0.1) is 35.5 Å². The monoisotopic (exact) mass is 660 g/mol. The minimum absolute atomic E-state index is 0.0599. The number of ether oxygens (including phenoxy) is 1. The van der Waals surface area contributed by atoms with Crippen LogP contribution in [0.2, 0.25) is 0 Å². The third-order valence-corrected chi connectivity index (χ3v) is 9.53. The third-order valence-electron chi connectivity index (χ3n) is 7.50. The van der Waals surface area contributed by atoms with Gasteiger partial charge in [0, 0.05) is 26.9 Å². The van der Waals surface area contributed by atoms with Crippen molar-refractivity contribution in [1.82, 2.24) is 0 Å². The highest BCUT2D eigenvalue weighted by molar-refractivity contribution is 9.10. The summed E-state index contributed by atoms with van der Waals surface area (Å²) in [5.74, 6) is -1.08. The molecule has 8 heteroatoms. The molecule has 5 rings (SSSR count). The van der Waals surface area contributed by atoms with Gasteiger partial charge in [-0.15, -0.1) is 11.8 Å². The zero-order chi connectivity index (χ0) is 31.1. The minimum atomic E-state index is -0.715. The number of allylic oxidation sites excluding steroid dienone is 1. The normalized spacial score (nSPS) is 16.7. The number of carbonyl (C=O) groups is 1. The molecule has 0 saturated carbocycles. The lowest BCUT2D eigenvalue weighted by Gasteiger charge is -2.32. The van der Waals surface area contributed by atoms with Crippen LogP contribution in [0.4, 0.5) is 5.69 Å². The van der Waals surface area contributed by atoms with Crippen molar-refractivity contribution in [2.24, 2.45) is 10.9 Å². The Morgan fingerprint density at radius 1 is 0.977 bits per heavy atom. The van der Waals surface area contributed by atoms with Crippen LogP contribution >= 0.6 is 27.7 Å². The maximum atomic E-state index is 14.0. The number of para-hydroxylation sites is 2. The van der Waals surface area contributed by atoms with E-state index in [2.05, 4.69) is 45.5 Å². The molecule has 4 aromatic carbocycles. The summed E-state index contributed by atoms with van der Waals surface area (Å²) in [7, 11) is 1.56. The molecule has 218 valence electrons. The van der Waals surface area contributed by atoms with Gasteiger partial charge in [0.2, 0.25) is 0 Å². The van der Waals surface area contributed by atoms with Gasteiger partial charge in [-0.1, -0.05) is 88.7 Å². The summed E-state index contributed by atoms with van der Waals surface area (Å²) in [5.41, 5.74) is 5.13. The molecule has 0 spiro atoms. The Morgan fingerprint density at radius 2 is 1.66 bits per heavy atom. The summed E-state index contributed by atoms with van der Waals surface area (Å²) in [6.07, 6.45) is 0.668. The summed E-state index contributed by atoms with van der Waals surface area (Å²) in [6, 6.07) is 37.3. The van der Waals surface area contributed by atoms with Crippen molar-refractivity contribution in [2.75, 3.05) is 12.4 Å². The van der Waals surface area contributed by atoms with Crippen LogP contribution in [0.15, 0.2) is 124 Å². The topological polar surface area (TPSA) is 98.3 Å². The molecule has 6 nitrogen and oxygen atoms in total. The molecule has 0 radical (unpaired) electrons. The number of aliphatic imine (C=N–C) groups is 1. The second-order valence-electron chi connectivity index (χ2n) is 10.2. The number of hydrogen-bond donors (Lipinski definition) is 1. The molecule has 0 bridgehead atoms. The minimum Gasteiger partial charge on any atom is -0.495 e. The first-order valence-corrected chi connectivity index (χ1v) is 15.7. The first-order valence-electron chi connectivity index (χ1n) is 14.0. The fraction of sp³-hybridized carbons (Fsp3) is 0.167. The van der Waals surface area contributed by atoms with E-state index in [1.54, 1.807) is 31.0 Å². The Kier molecular flexibility index (Phi) is 9.96. The van der Waals surface area contributed by atoms with Crippen molar-refractivity contribution in [1.29, 1.82) is 10.5 Å². The molecule has 0 saturated heterocycles. The van der Waals surface area contributed by atoms with Gasteiger partial charge in [-0.05, 0) is 60.4 Å². The molecule has 1 N–H and O–H groups in total. The molecule has 0 fully saturated rings. The fourth-order valence-electron chi connectivity index (χ4n) is 5.33. The maximum Gasteiger partial charge on any atom is 0.254 e. The van der Waals surface area contributed by atoms with Crippen molar-refractivity contribution in [2.45, 2.75) is 24.5 Å². The number of nitrogens with one attached hydrogen (secondary N) is 1. The van der Waals surface area contributed by atoms with E-state index in [-0.39, 0.29) is 11.2 Å². The molecule has 1 aliphatic rings. The number of methoxy groups -OCH3 is 1. The summed E-state index contributed by atoms with van der Waals surface area (Å²) < 4.78 is 6.27. The van der Waals surface area contributed by atoms with Gasteiger partial charge < -0.3 is 10.1 Å². The maximum absolute atomic E-state index is 14.0. The number of rotatable bonds is 8. The predicted molar refractivity (Wildman–Crippen MR) is 179 cm³/mol. The van der Waals surface area contributed by atoms with Crippen LogP contribution < -0.4 is 10.1 Å². The van der Waals surface area contributed by atoms with E-state index in [1.165, 1.54) is 0 Å². The first kappa shape index (κ1) is 30.8. The highest BCUT2D eigenvalue weighted by Gasteiger charge is 2.40. The van der Waals surface area contributed by atoms with Crippen molar-refractivity contribution >= 4 is 44.3 Å². The molecule has 1 amide bonds. The zero-order valence-electron chi connectivity index (χ0n) is 24.2. The molecule has 0 aliphatic carbocycles. The number of thioether (sulfide) groups is 1. The lowest BCUT2D eigenvalue weighted by molar-refractivity contribution is -0.113. The average molecular weight is 662 g/mol. The molecule has 3 atom stereocenters. The van der Waals surface area contributed by atoms with Crippen LogP contribution in [-0.2, 0) is 11.2 Å². The number of carbonyl (C=O) groups excluding carboxylic acids is 1. The number of nitrogens with zero attached hydrogens (tertiary/aromatic N) is 3. The second-order valence-corrected chi connectivity index (χ2v) is 12.3. The van der Waals surface area contributed by atoms with Crippen LogP contribution in [0.3, 0.4) is 0 Å². The van der Waals surface area contributed by atoms with Crippen molar-refractivity contribution in [3.05, 3.63) is 141 Å². The molecule has 1 heterocycles. The predicted octanol–water partition coefficient (Wildman–Crippen LogP) is 8.59. The summed E-state index contributed by atoms with van der Waals surface area (Å²) in [6.45, 7) is 1.83. The van der Waals surface area contributed by atoms with E-state index in [9.17, 15) is 15.3 Å². The number of nitriles is 2. The highest BCUT2D eigenvalue weighted by atomic mass is 79.9. The number of amides is 1. The van der Waals surface area contributed by atoms with E-state index in [4.69, 9.17) is 9.73 Å². The summed E-state index contributed by atoms with van der Waals surface area (Å²) in [4.78, 5) is 18.9. The molecule has 4 aromatic rings. The van der Waals surface area contributed by atoms with Gasteiger partial charge in [0.1, 0.15) is 11.7 Å². The largest absolute Gasteiger partial charge is 0.495 e. The Bertz CT molecular complexity index is 1810. The summed E-state index contributed by atoms with van der Waals surface area (Å²) >= 11 is 5.23. The van der Waals surface area contributed by atoms with Gasteiger partial charge in [-0.25, -0.2) is 4.99 Å². The highest BCUT2D eigenvalue weighted by Crippen LogP contribution is 2.46. The number of anilines is 1. The van der Waals surface area contributed by atoms with Gasteiger partial charge in [0.15, 0.2) is 0 Å². The number of halogens is 1. The molecular formula is C36H29BrN4O2S. The van der Waals surface area contributed by atoms with Crippen LogP contribution in [-0.4, -0.2) is 18.1 Å². The number of hydrogen-bond acceptors (Lipinski definition) is 6. The van der Waals surface area contributed by atoms with Gasteiger partial charge in [0.25, 0.3) is 5.91 Å². The van der Waals surface area contributed by atoms with E-state index in [1.807, 2.05) is 85.8 Å². The van der Waals surface area contributed by atoms with Gasteiger partial charge in [-0.3, -0.25) is 4.79 Å². The second kappa shape index (κ2) is 14.2. The van der Waals surface area contributed by atoms with Crippen LogP contribution in [0.25, 0.3) is 0 Å². The van der Waals surface area contributed by atoms with Gasteiger partial charge >= 0.3 is 0 Å². The first-order chi connectivity index (χ1) is 21.4. The average Bonchev–Trinajstić information content (AvgIpc) is 3.05. The van der Waals surface area contributed by atoms with Gasteiger partial charge in [-0.2, -0.15) is 10.5 Å². The van der Waals surface area contributed by atoms with E-state index >= 15 is 0 Å². The molecule has 44 heavy (non-hydrogen) atoms. The lowest BCUT2D eigenvalue weighted by Crippen LogP contribution is -2.32. The third kappa shape index (κ3) is 6.78. The van der Waals surface area contributed by atoms with Crippen molar-refractivity contribution < 1.29 is 9.53 Å². The lowest BCUT2D eigenvalue weighted by atomic mass is 9.78.